The molecule has 0 aromatic rings. The number of nitrogens with zero attached hydrogens (tertiary/aromatic N) is 2. The van der Waals surface area contributed by atoms with Crippen LogP contribution in [0.2, 0.25) is 0 Å². The number of piperidine rings is 1. The molecule has 0 bridgehead atoms. The van der Waals surface area contributed by atoms with E-state index in [1.807, 2.05) is 11.8 Å². The van der Waals surface area contributed by atoms with Crippen LogP contribution in [0, 0.1) is 11.3 Å². The van der Waals surface area contributed by atoms with Crippen molar-refractivity contribution in [3.05, 3.63) is 0 Å². The number of carbonyl (C=O) groups excluding carboxylic acids is 2. The summed E-state index contributed by atoms with van der Waals surface area (Å²) in [4.78, 5) is 28.1. The molecule has 0 saturated carbocycles. The van der Waals surface area contributed by atoms with Gasteiger partial charge in [-0.25, -0.2) is 0 Å². The smallest absolute Gasteiger partial charge is 0.227 e. The van der Waals surface area contributed by atoms with Crippen molar-refractivity contribution in [3.8, 4) is 0 Å². The topological polar surface area (TPSA) is 52.7 Å². The highest BCUT2D eigenvalue weighted by Crippen LogP contribution is 2.37. The lowest BCUT2D eigenvalue weighted by atomic mass is 9.77. The molecule has 1 spiro atoms. The number of nitrogens with one attached hydrogen (secondary N) is 1. The summed E-state index contributed by atoms with van der Waals surface area (Å²) in [5.74, 6) is 0.243. The average molecular weight is 316 g/mol. The molecule has 0 aromatic carbocycles. The molecule has 0 aromatic heterocycles. The Labute approximate surface area is 132 Å². The summed E-state index contributed by atoms with van der Waals surface area (Å²) >= 11 is 0. The molecule has 3 heterocycles. The van der Waals surface area contributed by atoms with Gasteiger partial charge in [0.25, 0.3) is 0 Å². The molecule has 1 unspecified atom stereocenters. The van der Waals surface area contributed by atoms with Crippen molar-refractivity contribution in [1.82, 2.24) is 15.1 Å². The lowest BCUT2D eigenvalue weighted by Crippen LogP contribution is -2.46. The largest absolute Gasteiger partial charge is 0.342 e. The van der Waals surface area contributed by atoms with Crippen molar-refractivity contribution >= 4 is 24.2 Å². The fraction of sp³-hybridized carbons (Fsp3) is 0.867. The minimum Gasteiger partial charge on any atom is -0.342 e. The van der Waals surface area contributed by atoms with Crippen molar-refractivity contribution < 1.29 is 9.59 Å². The maximum Gasteiger partial charge on any atom is 0.227 e. The van der Waals surface area contributed by atoms with Crippen molar-refractivity contribution in [2.45, 2.75) is 32.6 Å². The second-order valence-electron chi connectivity index (χ2n) is 6.59. The van der Waals surface area contributed by atoms with Gasteiger partial charge in [0.1, 0.15) is 0 Å². The van der Waals surface area contributed by atoms with Crippen LogP contribution in [0.3, 0.4) is 0 Å². The van der Waals surface area contributed by atoms with Gasteiger partial charge in [0, 0.05) is 39.1 Å². The molecular weight excluding hydrogens is 290 g/mol. The third-order valence-corrected chi connectivity index (χ3v) is 5.41. The van der Waals surface area contributed by atoms with Crippen LogP contribution in [0.15, 0.2) is 0 Å². The Kier molecular flexibility index (Phi) is 5.15. The second-order valence-corrected chi connectivity index (χ2v) is 6.59. The minimum absolute atomic E-state index is 0. The normalized spacial score (nSPS) is 28.0. The molecule has 0 radical (unpaired) electrons. The van der Waals surface area contributed by atoms with Crippen LogP contribution in [-0.4, -0.2) is 60.9 Å². The predicted octanol–water partition coefficient (Wildman–Crippen LogP) is 0.879. The predicted molar refractivity (Wildman–Crippen MR) is 83.3 cm³/mol. The van der Waals surface area contributed by atoms with E-state index in [1.165, 1.54) is 6.42 Å². The molecule has 3 aliphatic rings. The van der Waals surface area contributed by atoms with Gasteiger partial charge in [-0.15, -0.1) is 12.4 Å². The van der Waals surface area contributed by atoms with E-state index in [0.717, 1.165) is 45.6 Å². The van der Waals surface area contributed by atoms with Gasteiger partial charge >= 0.3 is 0 Å². The fourth-order valence-corrected chi connectivity index (χ4v) is 3.93. The van der Waals surface area contributed by atoms with E-state index >= 15 is 0 Å². The summed E-state index contributed by atoms with van der Waals surface area (Å²) in [7, 11) is 0. The molecular formula is C15H26ClN3O2. The van der Waals surface area contributed by atoms with E-state index in [9.17, 15) is 9.59 Å². The summed E-state index contributed by atoms with van der Waals surface area (Å²) in [6, 6.07) is 0. The molecule has 3 aliphatic heterocycles. The van der Waals surface area contributed by atoms with Gasteiger partial charge in [-0.1, -0.05) is 0 Å². The Bertz CT molecular complexity index is 400. The highest BCUT2D eigenvalue weighted by molar-refractivity contribution is 5.89. The van der Waals surface area contributed by atoms with Gasteiger partial charge in [-0.05, 0) is 38.1 Å². The number of halogens is 1. The van der Waals surface area contributed by atoms with Gasteiger partial charge in [-0.3, -0.25) is 9.59 Å². The van der Waals surface area contributed by atoms with Crippen LogP contribution in [0.4, 0.5) is 0 Å². The maximum atomic E-state index is 12.5. The molecule has 120 valence electrons. The van der Waals surface area contributed by atoms with Gasteiger partial charge in [0.05, 0.1) is 5.92 Å². The van der Waals surface area contributed by atoms with Crippen molar-refractivity contribution in [3.63, 3.8) is 0 Å². The molecule has 3 fully saturated rings. The average Bonchev–Trinajstić information content (AvgIpc) is 3.06. The molecule has 1 N–H and O–H groups in total. The molecule has 21 heavy (non-hydrogen) atoms. The first-order chi connectivity index (χ1) is 9.63. The van der Waals surface area contributed by atoms with Crippen LogP contribution in [0.1, 0.15) is 32.6 Å². The number of rotatable bonds is 2. The lowest BCUT2D eigenvalue weighted by molar-refractivity contribution is -0.138. The number of likely N-dealkylation sites (tertiary alicyclic amines) is 2. The summed E-state index contributed by atoms with van der Waals surface area (Å²) in [6.07, 6.45) is 3.89. The first kappa shape index (κ1) is 16.6. The zero-order valence-electron chi connectivity index (χ0n) is 12.8. The van der Waals surface area contributed by atoms with E-state index in [4.69, 9.17) is 0 Å². The van der Waals surface area contributed by atoms with Crippen LogP contribution in [0.25, 0.3) is 0 Å². The summed E-state index contributed by atoms with van der Waals surface area (Å²) in [6.45, 7) is 7.29. The van der Waals surface area contributed by atoms with Gasteiger partial charge in [-0.2, -0.15) is 0 Å². The number of hydrogen-bond acceptors (Lipinski definition) is 3. The molecule has 1 atom stereocenters. The first-order valence-electron chi connectivity index (χ1n) is 7.91. The van der Waals surface area contributed by atoms with Crippen LogP contribution < -0.4 is 5.32 Å². The Hall–Kier alpha value is -0.810. The third-order valence-electron chi connectivity index (χ3n) is 5.41. The van der Waals surface area contributed by atoms with Gasteiger partial charge in [0.2, 0.25) is 11.8 Å². The van der Waals surface area contributed by atoms with E-state index in [-0.39, 0.29) is 30.1 Å². The minimum atomic E-state index is -0.0989. The Morgan fingerprint density at radius 3 is 2.57 bits per heavy atom. The summed E-state index contributed by atoms with van der Waals surface area (Å²) < 4.78 is 0. The second kappa shape index (κ2) is 6.53. The van der Waals surface area contributed by atoms with Crippen molar-refractivity contribution in [1.29, 1.82) is 0 Å². The Balaban J connectivity index is 0.00000161. The van der Waals surface area contributed by atoms with Crippen molar-refractivity contribution in [2.75, 3.05) is 39.3 Å². The van der Waals surface area contributed by atoms with E-state index in [0.29, 0.717) is 18.4 Å². The zero-order valence-corrected chi connectivity index (χ0v) is 13.6. The molecule has 2 amide bonds. The van der Waals surface area contributed by atoms with Crippen LogP contribution in [-0.2, 0) is 9.59 Å². The number of amides is 2. The van der Waals surface area contributed by atoms with Crippen LogP contribution >= 0.6 is 12.4 Å². The lowest BCUT2D eigenvalue weighted by Gasteiger charge is -2.39. The summed E-state index contributed by atoms with van der Waals surface area (Å²) in [5, 5.41) is 3.45. The molecule has 0 aliphatic carbocycles. The number of carbonyl (C=O) groups is 2. The zero-order chi connectivity index (χ0) is 14.2. The monoisotopic (exact) mass is 315 g/mol. The Morgan fingerprint density at radius 2 is 2.05 bits per heavy atom. The maximum absolute atomic E-state index is 12.5. The molecule has 3 rings (SSSR count). The molecule has 5 nitrogen and oxygen atoms in total. The quantitative estimate of drug-likeness (QED) is 0.823. The van der Waals surface area contributed by atoms with Crippen LogP contribution in [0.5, 0.6) is 0 Å². The third kappa shape index (κ3) is 3.19. The number of hydrogen-bond donors (Lipinski definition) is 1. The van der Waals surface area contributed by atoms with E-state index < -0.39 is 0 Å². The highest BCUT2D eigenvalue weighted by atomic mass is 35.5. The van der Waals surface area contributed by atoms with Crippen molar-refractivity contribution in [2.24, 2.45) is 11.3 Å². The first-order valence-corrected chi connectivity index (χ1v) is 7.91. The van der Waals surface area contributed by atoms with E-state index in [1.54, 1.807) is 4.90 Å². The Morgan fingerprint density at radius 1 is 1.33 bits per heavy atom. The SMILES string of the molecule is CCN1CC(C(=O)N2CCC3(CCNC3)CC2)CC1=O.Cl. The molecule has 3 saturated heterocycles. The fourth-order valence-electron chi connectivity index (χ4n) is 3.93. The van der Waals surface area contributed by atoms with E-state index in [2.05, 4.69) is 5.32 Å². The molecule has 6 heteroatoms. The highest BCUT2D eigenvalue weighted by Gasteiger charge is 2.41. The van der Waals surface area contributed by atoms with Gasteiger partial charge < -0.3 is 15.1 Å². The van der Waals surface area contributed by atoms with Gasteiger partial charge in [0.15, 0.2) is 0 Å². The summed E-state index contributed by atoms with van der Waals surface area (Å²) in [5.41, 5.74) is 0.442. The standard InChI is InChI=1S/C15H25N3O2.ClH/c1-2-17-10-12(9-13(17)19)14(20)18-7-4-15(5-8-18)3-6-16-11-15;/h12,16H,2-11H2,1H3;1H.